The van der Waals surface area contributed by atoms with E-state index in [0.717, 1.165) is 32.5 Å². The molecule has 1 aliphatic heterocycles. The molecule has 3 rings (SSSR count). The molecule has 20 heavy (non-hydrogen) atoms. The fourth-order valence-electron chi connectivity index (χ4n) is 4.18. The molecular weight excluding hydrogens is 252 g/mol. The van der Waals surface area contributed by atoms with Crippen LogP contribution in [0.3, 0.4) is 0 Å². The summed E-state index contributed by atoms with van der Waals surface area (Å²) in [6.45, 7) is 7.90. The van der Waals surface area contributed by atoms with Gasteiger partial charge in [0.15, 0.2) is 0 Å². The maximum absolute atomic E-state index is 12.5. The summed E-state index contributed by atoms with van der Waals surface area (Å²) in [5.74, 6) is 0.771. The van der Waals surface area contributed by atoms with Gasteiger partial charge in [-0.3, -0.25) is 14.5 Å². The Hall–Kier alpha value is -1.16. The molecule has 3 aliphatic rings. The van der Waals surface area contributed by atoms with Crippen molar-refractivity contribution in [2.75, 3.05) is 26.2 Å². The number of hydrogen-bond acceptors (Lipinski definition) is 3. The number of carbonyl (C=O) groups is 2. The lowest BCUT2D eigenvalue weighted by Gasteiger charge is -2.21. The Morgan fingerprint density at radius 1 is 1.10 bits per heavy atom. The lowest BCUT2D eigenvalue weighted by Crippen LogP contribution is -2.35. The van der Waals surface area contributed by atoms with E-state index in [1.165, 1.54) is 0 Å². The van der Waals surface area contributed by atoms with Crippen LogP contribution in [-0.2, 0) is 9.59 Å². The van der Waals surface area contributed by atoms with Gasteiger partial charge in [-0.15, -0.1) is 0 Å². The van der Waals surface area contributed by atoms with Gasteiger partial charge in [0.2, 0.25) is 11.8 Å². The standard InChI is InChI=1S/C16H24N2O2/c1-3-17(4-2)8-5-9-18-15(19)13-11-6-7-12(10-11)14(13)16(18)20/h6-7,11-14H,3-5,8-10H2,1-2H3/t11-,12-,13+,14+/m1/s1. The van der Waals surface area contributed by atoms with Gasteiger partial charge < -0.3 is 4.90 Å². The molecule has 2 amide bonds. The molecular formula is C16H24N2O2. The van der Waals surface area contributed by atoms with Crippen molar-refractivity contribution in [3.8, 4) is 0 Å². The monoisotopic (exact) mass is 276 g/mol. The van der Waals surface area contributed by atoms with E-state index in [0.29, 0.717) is 18.4 Å². The number of hydrogen-bond donors (Lipinski definition) is 0. The quantitative estimate of drug-likeness (QED) is 0.545. The van der Waals surface area contributed by atoms with Crippen LogP contribution in [0.15, 0.2) is 12.2 Å². The van der Waals surface area contributed by atoms with Gasteiger partial charge in [0.05, 0.1) is 11.8 Å². The number of likely N-dealkylation sites (tertiary alicyclic amines) is 1. The highest BCUT2D eigenvalue weighted by Crippen LogP contribution is 2.52. The number of fused-ring (bicyclic) bond motifs is 5. The van der Waals surface area contributed by atoms with Crippen molar-refractivity contribution in [1.82, 2.24) is 9.80 Å². The smallest absolute Gasteiger partial charge is 0.233 e. The third kappa shape index (κ3) is 2.01. The zero-order valence-electron chi connectivity index (χ0n) is 12.4. The average Bonchev–Trinajstić information content (AvgIpc) is 3.12. The molecule has 4 atom stereocenters. The van der Waals surface area contributed by atoms with E-state index in [2.05, 4.69) is 30.9 Å². The van der Waals surface area contributed by atoms with Crippen molar-refractivity contribution in [1.29, 1.82) is 0 Å². The number of imide groups is 1. The molecule has 2 aliphatic carbocycles. The van der Waals surface area contributed by atoms with Crippen LogP contribution in [0.5, 0.6) is 0 Å². The molecule has 110 valence electrons. The summed E-state index contributed by atoms with van der Waals surface area (Å²) in [5.41, 5.74) is 0. The van der Waals surface area contributed by atoms with E-state index in [-0.39, 0.29) is 23.7 Å². The molecule has 4 nitrogen and oxygen atoms in total. The van der Waals surface area contributed by atoms with Gasteiger partial charge in [0, 0.05) is 6.54 Å². The van der Waals surface area contributed by atoms with Crippen molar-refractivity contribution < 1.29 is 9.59 Å². The number of carbonyl (C=O) groups excluding carboxylic acids is 2. The first-order valence-corrected chi connectivity index (χ1v) is 7.93. The van der Waals surface area contributed by atoms with Crippen LogP contribution < -0.4 is 0 Å². The highest BCUT2D eigenvalue weighted by Gasteiger charge is 2.58. The first-order valence-electron chi connectivity index (χ1n) is 7.93. The van der Waals surface area contributed by atoms with E-state index in [9.17, 15) is 9.59 Å². The molecule has 1 heterocycles. The van der Waals surface area contributed by atoms with Crippen LogP contribution in [0.4, 0.5) is 0 Å². The molecule has 1 saturated heterocycles. The lowest BCUT2D eigenvalue weighted by molar-refractivity contribution is -0.140. The Morgan fingerprint density at radius 2 is 1.65 bits per heavy atom. The Bertz CT molecular complexity index is 412. The van der Waals surface area contributed by atoms with Gasteiger partial charge in [0.1, 0.15) is 0 Å². The Kier molecular flexibility index (Phi) is 3.67. The lowest BCUT2D eigenvalue weighted by atomic mass is 9.85. The van der Waals surface area contributed by atoms with Gasteiger partial charge in [-0.2, -0.15) is 0 Å². The highest BCUT2D eigenvalue weighted by molar-refractivity contribution is 6.06. The molecule has 0 unspecified atom stereocenters. The predicted molar refractivity (Wildman–Crippen MR) is 76.8 cm³/mol. The van der Waals surface area contributed by atoms with Gasteiger partial charge >= 0.3 is 0 Å². The van der Waals surface area contributed by atoms with Crippen LogP contribution in [0.1, 0.15) is 26.7 Å². The van der Waals surface area contributed by atoms with E-state index >= 15 is 0 Å². The second kappa shape index (κ2) is 5.32. The molecule has 2 bridgehead atoms. The number of rotatable bonds is 6. The van der Waals surface area contributed by atoms with Crippen LogP contribution in [0.25, 0.3) is 0 Å². The zero-order valence-corrected chi connectivity index (χ0v) is 12.4. The van der Waals surface area contributed by atoms with Gasteiger partial charge in [-0.05, 0) is 44.3 Å². The van der Waals surface area contributed by atoms with Crippen molar-refractivity contribution in [3.05, 3.63) is 12.2 Å². The number of amides is 2. The molecule has 1 saturated carbocycles. The Labute approximate surface area is 120 Å². The van der Waals surface area contributed by atoms with E-state index in [4.69, 9.17) is 0 Å². The molecule has 2 fully saturated rings. The summed E-state index contributed by atoms with van der Waals surface area (Å²) in [4.78, 5) is 28.8. The topological polar surface area (TPSA) is 40.6 Å². The van der Waals surface area contributed by atoms with Crippen LogP contribution >= 0.6 is 0 Å². The minimum atomic E-state index is -0.0362. The highest BCUT2D eigenvalue weighted by atomic mass is 16.2. The fourth-order valence-corrected chi connectivity index (χ4v) is 4.18. The van der Waals surface area contributed by atoms with E-state index < -0.39 is 0 Å². The van der Waals surface area contributed by atoms with Gasteiger partial charge in [0.25, 0.3) is 0 Å². The first kappa shape index (κ1) is 13.8. The molecule has 0 spiro atoms. The normalized spacial score (nSPS) is 34.6. The third-order valence-electron chi connectivity index (χ3n) is 5.31. The maximum atomic E-state index is 12.5. The van der Waals surface area contributed by atoms with E-state index in [1.807, 2.05) is 0 Å². The van der Waals surface area contributed by atoms with Crippen LogP contribution in [-0.4, -0.2) is 47.8 Å². The van der Waals surface area contributed by atoms with Crippen molar-refractivity contribution in [2.24, 2.45) is 23.7 Å². The molecule has 0 aromatic carbocycles. The minimum Gasteiger partial charge on any atom is -0.304 e. The largest absolute Gasteiger partial charge is 0.304 e. The molecule has 0 radical (unpaired) electrons. The van der Waals surface area contributed by atoms with Crippen molar-refractivity contribution in [3.63, 3.8) is 0 Å². The van der Waals surface area contributed by atoms with Gasteiger partial charge in [-0.25, -0.2) is 0 Å². The molecule has 0 N–H and O–H groups in total. The summed E-state index contributed by atoms with van der Waals surface area (Å²) in [5, 5.41) is 0. The van der Waals surface area contributed by atoms with Crippen molar-refractivity contribution in [2.45, 2.75) is 26.7 Å². The average molecular weight is 276 g/mol. The second-order valence-electron chi connectivity index (χ2n) is 6.21. The molecule has 0 aromatic heterocycles. The minimum absolute atomic E-state index is 0.0362. The molecule has 0 aromatic rings. The summed E-state index contributed by atoms with van der Waals surface area (Å²) < 4.78 is 0. The fraction of sp³-hybridized carbons (Fsp3) is 0.750. The zero-order chi connectivity index (χ0) is 14.3. The van der Waals surface area contributed by atoms with Crippen LogP contribution in [0.2, 0.25) is 0 Å². The Morgan fingerprint density at radius 3 is 2.15 bits per heavy atom. The summed E-state index contributed by atoms with van der Waals surface area (Å²) in [6, 6.07) is 0. The predicted octanol–water partition coefficient (Wildman–Crippen LogP) is 1.53. The summed E-state index contributed by atoms with van der Waals surface area (Å²) >= 11 is 0. The van der Waals surface area contributed by atoms with Gasteiger partial charge in [-0.1, -0.05) is 26.0 Å². The molecule has 4 heteroatoms. The van der Waals surface area contributed by atoms with Crippen LogP contribution in [0, 0.1) is 23.7 Å². The SMILES string of the molecule is CCN(CC)CCCN1C(=O)[C@@H]2[C@@H](C1=O)[C@@H]1C=C[C@@H]2C1. The third-order valence-corrected chi connectivity index (χ3v) is 5.31. The first-order chi connectivity index (χ1) is 9.67. The Balaban J connectivity index is 1.59. The summed E-state index contributed by atoms with van der Waals surface area (Å²) in [7, 11) is 0. The summed E-state index contributed by atoms with van der Waals surface area (Å²) in [6.07, 6.45) is 6.20. The van der Waals surface area contributed by atoms with Crippen molar-refractivity contribution >= 4 is 11.8 Å². The number of nitrogens with zero attached hydrogens (tertiary/aromatic N) is 2. The second-order valence-corrected chi connectivity index (χ2v) is 6.21. The van der Waals surface area contributed by atoms with E-state index in [1.54, 1.807) is 4.90 Å². The number of allylic oxidation sites excluding steroid dienone is 2. The maximum Gasteiger partial charge on any atom is 0.233 e.